The first-order valence-electron chi connectivity index (χ1n) is 11.9. The molecule has 2 aromatic rings. The minimum absolute atomic E-state index is 0.0175. The fourth-order valence-corrected chi connectivity index (χ4v) is 5.12. The second-order valence-corrected chi connectivity index (χ2v) is 16.6. The monoisotopic (exact) mass is 597 g/mol. The number of carbonyl (C=O) groups excluding carboxylic acids is 2. The zero-order valence-electron chi connectivity index (χ0n) is 21.5. The normalized spacial score (nSPS) is 12.7. The van der Waals surface area contributed by atoms with Crippen molar-refractivity contribution >= 4 is 59.1 Å². The molecule has 0 saturated heterocycles. The highest BCUT2D eigenvalue weighted by atomic mass is 79.9. The topological polar surface area (TPSA) is 118 Å². The zero-order valence-corrected chi connectivity index (χ0v) is 24.9. The molecule has 3 N–H and O–H groups in total. The number of thiazole rings is 1. The van der Waals surface area contributed by atoms with Gasteiger partial charge in [-0.1, -0.05) is 43.1 Å². The van der Waals surface area contributed by atoms with Crippen LogP contribution in [0.5, 0.6) is 0 Å². The quantitative estimate of drug-likeness (QED) is 0.150. The number of unbranched alkanes of at least 4 members (excludes halogenated alkanes) is 2. The van der Waals surface area contributed by atoms with Crippen molar-refractivity contribution in [2.45, 2.75) is 70.6 Å². The third kappa shape index (κ3) is 9.09. The number of benzene rings is 1. The van der Waals surface area contributed by atoms with Crippen LogP contribution in [-0.2, 0) is 14.0 Å². The van der Waals surface area contributed by atoms with Gasteiger partial charge in [0.2, 0.25) is 5.91 Å². The van der Waals surface area contributed by atoms with Gasteiger partial charge in [0.15, 0.2) is 8.32 Å². The number of hydrogen-bond donors (Lipinski definition) is 3. The van der Waals surface area contributed by atoms with E-state index in [4.69, 9.17) is 4.43 Å². The Kier molecular flexibility index (Phi) is 11.3. The lowest BCUT2D eigenvalue weighted by Gasteiger charge is -2.36. The SMILES string of the molecule is CC(C)(C)[Si](C)(C)OCC(NC(=O)c1csc(-c2ccc(NC(=O)CCCCCBr)cc2)n1)C(=O)O. The van der Waals surface area contributed by atoms with E-state index in [0.29, 0.717) is 17.1 Å². The number of nitrogens with zero attached hydrogens (tertiary/aromatic N) is 1. The van der Waals surface area contributed by atoms with Crippen LogP contribution in [0.3, 0.4) is 0 Å². The summed E-state index contributed by atoms with van der Waals surface area (Å²) in [6, 6.07) is 6.08. The number of nitrogens with one attached hydrogen (secondary N) is 2. The molecule has 36 heavy (non-hydrogen) atoms. The van der Waals surface area contributed by atoms with Gasteiger partial charge in [-0.15, -0.1) is 11.3 Å². The Hall–Kier alpha value is -2.08. The highest BCUT2D eigenvalue weighted by Gasteiger charge is 2.38. The van der Waals surface area contributed by atoms with Gasteiger partial charge in [0.1, 0.15) is 16.7 Å². The molecule has 8 nitrogen and oxygen atoms in total. The molecule has 198 valence electrons. The zero-order chi connectivity index (χ0) is 26.9. The molecular formula is C25H36BrN3O5SSi. The molecule has 0 aliphatic rings. The molecule has 1 heterocycles. The van der Waals surface area contributed by atoms with E-state index < -0.39 is 26.2 Å². The van der Waals surface area contributed by atoms with E-state index in [0.717, 1.165) is 30.2 Å². The fourth-order valence-electron chi connectivity index (χ4n) is 2.90. The molecule has 0 aliphatic carbocycles. The van der Waals surface area contributed by atoms with Gasteiger partial charge in [-0.05, 0) is 55.2 Å². The number of anilines is 1. The Morgan fingerprint density at radius 1 is 1.14 bits per heavy atom. The summed E-state index contributed by atoms with van der Waals surface area (Å²) in [6.45, 7) is 10.2. The molecule has 11 heteroatoms. The largest absolute Gasteiger partial charge is 0.480 e. The Morgan fingerprint density at radius 2 is 1.81 bits per heavy atom. The first-order chi connectivity index (χ1) is 16.8. The van der Waals surface area contributed by atoms with Crippen molar-refractivity contribution in [2.24, 2.45) is 0 Å². The van der Waals surface area contributed by atoms with Gasteiger partial charge < -0.3 is 20.2 Å². The number of aliphatic carboxylic acids is 1. The molecule has 1 aromatic carbocycles. The average molecular weight is 599 g/mol. The molecule has 0 radical (unpaired) electrons. The molecule has 0 fully saturated rings. The van der Waals surface area contributed by atoms with Gasteiger partial charge in [-0.25, -0.2) is 9.78 Å². The van der Waals surface area contributed by atoms with Gasteiger partial charge in [-0.2, -0.15) is 0 Å². The van der Waals surface area contributed by atoms with Gasteiger partial charge in [0.05, 0.1) is 6.61 Å². The minimum atomic E-state index is -2.17. The summed E-state index contributed by atoms with van der Waals surface area (Å²) < 4.78 is 5.99. The summed E-state index contributed by atoms with van der Waals surface area (Å²) in [6.07, 6.45) is 3.40. The lowest BCUT2D eigenvalue weighted by atomic mass is 10.2. The van der Waals surface area contributed by atoms with E-state index in [2.05, 4.69) is 52.3 Å². The first-order valence-corrected chi connectivity index (χ1v) is 16.8. The molecule has 0 saturated carbocycles. The number of amides is 2. The van der Waals surface area contributed by atoms with Crippen molar-refractivity contribution in [3.8, 4) is 10.6 Å². The van der Waals surface area contributed by atoms with Crippen LogP contribution in [0.15, 0.2) is 29.6 Å². The van der Waals surface area contributed by atoms with Crippen LogP contribution in [0, 0.1) is 0 Å². The maximum atomic E-state index is 12.7. The third-order valence-electron chi connectivity index (χ3n) is 6.21. The number of aromatic nitrogens is 1. The minimum Gasteiger partial charge on any atom is -0.480 e. The maximum Gasteiger partial charge on any atom is 0.328 e. The van der Waals surface area contributed by atoms with E-state index >= 15 is 0 Å². The molecule has 0 spiro atoms. The first kappa shape index (κ1) is 30.1. The lowest BCUT2D eigenvalue weighted by Crippen LogP contribution is -2.49. The van der Waals surface area contributed by atoms with Crippen LogP contribution in [0.2, 0.25) is 18.1 Å². The van der Waals surface area contributed by atoms with E-state index in [-0.39, 0.29) is 23.2 Å². The van der Waals surface area contributed by atoms with Gasteiger partial charge in [0.25, 0.3) is 5.91 Å². The van der Waals surface area contributed by atoms with Crippen molar-refractivity contribution in [1.29, 1.82) is 0 Å². The summed E-state index contributed by atoms with van der Waals surface area (Å²) in [5.74, 6) is -1.73. The van der Waals surface area contributed by atoms with E-state index in [9.17, 15) is 19.5 Å². The summed E-state index contributed by atoms with van der Waals surface area (Å²) in [5.41, 5.74) is 1.64. The molecule has 1 atom stereocenters. The van der Waals surface area contributed by atoms with Crippen molar-refractivity contribution in [1.82, 2.24) is 10.3 Å². The number of halogens is 1. The molecule has 1 aromatic heterocycles. The van der Waals surface area contributed by atoms with Gasteiger partial charge in [-0.3, -0.25) is 9.59 Å². The number of carboxylic acids is 1. The second kappa shape index (κ2) is 13.5. The molecular weight excluding hydrogens is 562 g/mol. The fraction of sp³-hybridized carbons (Fsp3) is 0.520. The molecule has 1 unspecified atom stereocenters. The Morgan fingerprint density at radius 3 is 2.39 bits per heavy atom. The van der Waals surface area contributed by atoms with Gasteiger partial charge in [0, 0.05) is 28.4 Å². The highest BCUT2D eigenvalue weighted by molar-refractivity contribution is 9.09. The molecule has 0 bridgehead atoms. The lowest BCUT2D eigenvalue weighted by molar-refractivity contribution is -0.140. The maximum absolute atomic E-state index is 12.7. The van der Waals surface area contributed by atoms with Gasteiger partial charge >= 0.3 is 5.97 Å². The van der Waals surface area contributed by atoms with Crippen LogP contribution in [0.1, 0.15) is 56.9 Å². The Bertz CT molecular complexity index is 1040. The number of hydrogen-bond acceptors (Lipinski definition) is 6. The van der Waals surface area contributed by atoms with Crippen molar-refractivity contribution in [2.75, 3.05) is 17.3 Å². The molecule has 0 aliphatic heterocycles. The third-order valence-corrected chi connectivity index (χ3v) is 12.2. The molecule has 2 amide bonds. The Balaban J connectivity index is 1.97. The van der Waals surface area contributed by atoms with Crippen molar-refractivity contribution in [3.63, 3.8) is 0 Å². The number of rotatable bonds is 13. The second-order valence-electron chi connectivity index (χ2n) is 10.1. The summed E-state index contributed by atoms with van der Waals surface area (Å²) in [7, 11) is -2.17. The molecule has 2 rings (SSSR count). The van der Waals surface area contributed by atoms with E-state index in [1.807, 2.05) is 25.2 Å². The average Bonchev–Trinajstić information content (AvgIpc) is 3.29. The predicted molar refractivity (Wildman–Crippen MR) is 150 cm³/mol. The number of carbonyl (C=O) groups is 3. The predicted octanol–water partition coefficient (Wildman–Crippen LogP) is 5.91. The van der Waals surface area contributed by atoms with Crippen molar-refractivity contribution in [3.05, 3.63) is 35.3 Å². The number of alkyl halides is 1. The standard InChI is InChI=1S/C25H36BrN3O5SSi/c1-25(2,3)36(4,5)34-15-19(24(32)33)28-22(31)20-16-35-23(29-20)17-10-12-18(13-11-17)27-21(30)9-7-6-8-14-26/h10-13,16,19H,6-9,14-15H2,1-5H3,(H,27,30)(H,28,31)(H,32,33). The highest BCUT2D eigenvalue weighted by Crippen LogP contribution is 2.36. The van der Waals surface area contributed by atoms with Crippen LogP contribution in [-0.4, -0.2) is 54.2 Å². The van der Waals surface area contributed by atoms with Crippen LogP contribution in [0.25, 0.3) is 10.6 Å². The van der Waals surface area contributed by atoms with Crippen LogP contribution in [0.4, 0.5) is 5.69 Å². The van der Waals surface area contributed by atoms with E-state index in [1.165, 1.54) is 11.3 Å². The van der Waals surface area contributed by atoms with E-state index in [1.54, 1.807) is 17.5 Å². The Labute approximate surface area is 226 Å². The van der Waals surface area contributed by atoms with Crippen LogP contribution >= 0.6 is 27.3 Å². The summed E-state index contributed by atoms with van der Waals surface area (Å²) in [4.78, 5) is 40.9. The smallest absolute Gasteiger partial charge is 0.328 e. The van der Waals surface area contributed by atoms with Crippen LogP contribution < -0.4 is 10.6 Å². The summed E-state index contributed by atoms with van der Waals surface area (Å²) in [5, 5.41) is 18.1. The number of carboxylic acid groups (broad SMARTS) is 1. The van der Waals surface area contributed by atoms with Crippen molar-refractivity contribution < 1.29 is 23.9 Å². The summed E-state index contributed by atoms with van der Waals surface area (Å²) >= 11 is 4.67.